The van der Waals surface area contributed by atoms with E-state index in [4.69, 9.17) is 25.8 Å². The van der Waals surface area contributed by atoms with Crippen LogP contribution in [0.1, 0.15) is 18.1 Å². The fourth-order valence-electron chi connectivity index (χ4n) is 2.08. The molecule has 1 unspecified atom stereocenters. The maximum absolute atomic E-state index is 10.2. The third-order valence-corrected chi connectivity index (χ3v) is 3.22. The molecular formula is C13H13ClO4. The van der Waals surface area contributed by atoms with Crippen LogP contribution in [0.3, 0.4) is 0 Å². The van der Waals surface area contributed by atoms with Gasteiger partial charge in [-0.25, -0.2) is 0 Å². The second kappa shape index (κ2) is 4.71. The first kappa shape index (κ1) is 11.7. The summed E-state index contributed by atoms with van der Waals surface area (Å²) in [6, 6.07) is 3.43. The van der Waals surface area contributed by atoms with E-state index in [0.29, 0.717) is 47.7 Å². The van der Waals surface area contributed by atoms with Crippen molar-refractivity contribution in [2.24, 2.45) is 0 Å². The molecule has 2 aliphatic heterocycles. The number of aliphatic hydroxyl groups is 1. The van der Waals surface area contributed by atoms with Gasteiger partial charge < -0.3 is 19.3 Å². The number of halogens is 1. The molecule has 2 heterocycles. The lowest BCUT2D eigenvalue weighted by molar-refractivity contribution is 0.118. The smallest absolute Gasteiger partial charge is 0.179 e. The van der Waals surface area contributed by atoms with E-state index in [0.717, 1.165) is 6.42 Å². The van der Waals surface area contributed by atoms with Gasteiger partial charge in [-0.1, -0.05) is 11.6 Å². The first-order valence-corrected chi connectivity index (χ1v) is 6.23. The number of hydrogen-bond donors (Lipinski definition) is 1. The highest BCUT2D eigenvalue weighted by Crippen LogP contribution is 2.41. The molecule has 2 aliphatic rings. The van der Waals surface area contributed by atoms with Crippen molar-refractivity contribution in [1.29, 1.82) is 0 Å². The normalized spacial score (nSPS) is 19.1. The van der Waals surface area contributed by atoms with Crippen molar-refractivity contribution in [2.75, 3.05) is 19.8 Å². The summed E-state index contributed by atoms with van der Waals surface area (Å²) in [5, 5.41) is 10.6. The summed E-state index contributed by atoms with van der Waals surface area (Å²) < 4.78 is 16.3. The molecule has 96 valence electrons. The Labute approximate surface area is 110 Å². The highest BCUT2D eigenvalue weighted by molar-refractivity contribution is 6.32. The zero-order valence-corrected chi connectivity index (χ0v) is 10.4. The molecule has 0 aromatic heterocycles. The van der Waals surface area contributed by atoms with E-state index in [2.05, 4.69) is 0 Å². The molecule has 0 amide bonds. The molecule has 0 saturated carbocycles. The van der Waals surface area contributed by atoms with Crippen LogP contribution in [-0.4, -0.2) is 24.9 Å². The Hall–Kier alpha value is -1.39. The van der Waals surface area contributed by atoms with Gasteiger partial charge in [-0.15, -0.1) is 0 Å². The highest BCUT2D eigenvalue weighted by atomic mass is 35.5. The van der Waals surface area contributed by atoms with Gasteiger partial charge in [-0.2, -0.15) is 0 Å². The third kappa shape index (κ3) is 2.02. The number of ether oxygens (including phenoxy) is 3. The van der Waals surface area contributed by atoms with Crippen LogP contribution >= 0.6 is 11.6 Å². The van der Waals surface area contributed by atoms with Gasteiger partial charge in [0.1, 0.15) is 25.1 Å². The molecule has 0 saturated heterocycles. The van der Waals surface area contributed by atoms with E-state index in [1.54, 1.807) is 12.1 Å². The second-order valence-corrected chi connectivity index (χ2v) is 4.58. The van der Waals surface area contributed by atoms with E-state index >= 15 is 0 Å². The summed E-state index contributed by atoms with van der Waals surface area (Å²) >= 11 is 6.12. The van der Waals surface area contributed by atoms with Crippen LogP contribution in [0.2, 0.25) is 5.02 Å². The number of fused-ring (bicyclic) bond motifs is 1. The van der Waals surface area contributed by atoms with Gasteiger partial charge in [0.2, 0.25) is 0 Å². The fourth-order valence-corrected chi connectivity index (χ4v) is 2.35. The average molecular weight is 269 g/mol. The van der Waals surface area contributed by atoms with Crippen molar-refractivity contribution in [3.63, 3.8) is 0 Å². The van der Waals surface area contributed by atoms with Gasteiger partial charge in [0.05, 0.1) is 11.6 Å². The predicted molar refractivity (Wildman–Crippen MR) is 66.1 cm³/mol. The SMILES string of the molecule is OC(C1=CCCO1)c1cc(Cl)c2c(c1)OCCO2. The molecular weight excluding hydrogens is 256 g/mol. The molecule has 18 heavy (non-hydrogen) atoms. The van der Waals surface area contributed by atoms with Gasteiger partial charge in [0.25, 0.3) is 0 Å². The monoisotopic (exact) mass is 268 g/mol. The van der Waals surface area contributed by atoms with Crippen LogP contribution in [0.4, 0.5) is 0 Å². The number of aliphatic hydroxyl groups excluding tert-OH is 1. The molecule has 1 aromatic rings. The Morgan fingerprint density at radius 1 is 1.11 bits per heavy atom. The molecule has 1 aromatic carbocycles. The Kier molecular flexibility index (Phi) is 3.06. The second-order valence-electron chi connectivity index (χ2n) is 4.17. The van der Waals surface area contributed by atoms with Crippen molar-refractivity contribution < 1.29 is 19.3 Å². The van der Waals surface area contributed by atoms with Crippen LogP contribution in [0.15, 0.2) is 24.0 Å². The Morgan fingerprint density at radius 3 is 2.72 bits per heavy atom. The van der Waals surface area contributed by atoms with E-state index in [9.17, 15) is 5.11 Å². The minimum absolute atomic E-state index is 0.444. The van der Waals surface area contributed by atoms with E-state index in [1.165, 1.54) is 0 Å². The molecule has 3 rings (SSSR count). The molecule has 1 N–H and O–H groups in total. The molecule has 0 aliphatic carbocycles. The van der Waals surface area contributed by atoms with Crippen LogP contribution in [0, 0.1) is 0 Å². The standard InChI is InChI=1S/C13H13ClO4/c14-9-6-8(12(15)10-2-1-3-16-10)7-11-13(9)18-5-4-17-11/h2,6-7,12,15H,1,3-5H2. The average Bonchev–Trinajstić information content (AvgIpc) is 2.91. The minimum Gasteiger partial charge on any atom is -0.495 e. The maximum Gasteiger partial charge on any atom is 0.179 e. The van der Waals surface area contributed by atoms with Crippen molar-refractivity contribution in [3.05, 3.63) is 34.6 Å². The van der Waals surface area contributed by atoms with Crippen molar-refractivity contribution in [3.8, 4) is 11.5 Å². The summed E-state index contributed by atoms with van der Waals surface area (Å²) in [7, 11) is 0. The molecule has 4 nitrogen and oxygen atoms in total. The Morgan fingerprint density at radius 2 is 1.94 bits per heavy atom. The van der Waals surface area contributed by atoms with Gasteiger partial charge in [-0.05, 0) is 23.8 Å². The molecule has 0 spiro atoms. The quantitative estimate of drug-likeness (QED) is 0.895. The van der Waals surface area contributed by atoms with Crippen molar-refractivity contribution >= 4 is 11.6 Å². The Balaban J connectivity index is 1.95. The third-order valence-electron chi connectivity index (χ3n) is 2.94. The molecule has 0 fully saturated rings. The predicted octanol–water partition coefficient (Wildman–Crippen LogP) is 2.45. The first-order valence-electron chi connectivity index (χ1n) is 5.85. The van der Waals surface area contributed by atoms with Gasteiger partial charge in [0, 0.05) is 6.42 Å². The summed E-state index contributed by atoms with van der Waals surface area (Å²) in [5.41, 5.74) is 0.650. The number of benzene rings is 1. The topological polar surface area (TPSA) is 47.9 Å². The largest absolute Gasteiger partial charge is 0.495 e. The highest BCUT2D eigenvalue weighted by Gasteiger charge is 2.23. The van der Waals surface area contributed by atoms with Crippen LogP contribution in [-0.2, 0) is 4.74 Å². The summed E-state index contributed by atoms with van der Waals surface area (Å²) in [6.07, 6.45) is 1.90. The van der Waals surface area contributed by atoms with E-state index in [1.807, 2.05) is 6.08 Å². The fraction of sp³-hybridized carbons (Fsp3) is 0.385. The van der Waals surface area contributed by atoms with Gasteiger partial charge in [0.15, 0.2) is 11.5 Å². The zero-order chi connectivity index (χ0) is 12.5. The van der Waals surface area contributed by atoms with Crippen molar-refractivity contribution in [2.45, 2.75) is 12.5 Å². The molecule has 0 bridgehead atoms. The van der Waals surface area contributed by atoms with Crippen molar-refractivity contribution in [1.82, 2.24) is 0 Å². The summed E-state index contributed by atoms with van der Waals surface area (Å²) in [6.45, 7) is 1.59. The maximum atomic E-state index is 10.2. The van der Waals surface area contributed by atoms with E-state index in [-0.39, 0.29) is 0 Å². The zero-order valence-electron chi connectivity index (χ0n) is 9.69. The molecule has 1 atom stereocenters. The van der Waals surface area contributed by atoms with E-state index < -0.39 is 6.10 Å². The van der Waals surface area contributed by atoms with Crippen LogP contribution in [0.25, 0.3) is 0 Å². The summed E-state index contributed by atoms with van der Waals surface area (Å²) in [5.74, 6) is 1.68. The molecule has 5 heteroatoms. The lowest BCUT2D eigenvalue weighted by atomic mass is 10.1. The number of hydrogen-bond acceptors (Lipinski definition) is 4. The van der Waals surface area contributed by atoms with Crippen LogP contribution in [0.5, 0.6) is 11.5 Å². The molecule has 0 radical (unpaired) electrons. The number of rotatable bonds is 2. The first-order chi connectivity index (χ1) is 8.75. The van der Waals surface area contributed by atoms with Gasteiger partial charge in [-0.3, -0.25) is 0 Å². The van der Waals surface area contributed by atoms with Crippen LogP contribution < -0.4 is 9.47 Å². The minimum atomic E-state index is -0.805. The Bertz CT molecular complexity index is 498. The van der Waals surface area contributed by atoms with Gasteiger partial charge >= 0.3 is 0 Å². The lowest BCUT2D eigenvalue weighted by Crippen LogP contribution is -2.16. The summed E-state index contributed by atoms with van der Waals surface area (Å²) in [4.78, 5) is 0. The lowest BCUT2D eigenvalue weighted by Gasteiger charge is -2.21.